The van der Waals surface area contributed by atoms with Crippen molar-refractivity contribution in [2.45, 2.75) is 59.3 Å². The highest BCUT2D eigenvalue weighted by atomic mass is 15.0. The van der Waals surface area contributed by atoms with E-state index >= 15 is 0 Å². The number of hydrogen-bond acceptors (Lipinski definition) is 1. The Balaban J connectivity index is 2.75. The molecule has 0 saturated heterocycles. The fourth-order valence-electron chi connectivity index (χ4n) is 2.61. The van der Waals surface area contributed by atoms with E-state index in [1.54, 1.807) is 0 Å². The first kappa shape index (κ1) is 14.8. The van der Waals surface area contributed by atoms with Crippen molar-refractivity contribution in [3.63, 3.8) is 0 Å². The minimum atomic E-state index is 0.503. The number of benzene rings is 1. The molecular formula is C18H26N2. The largest absolute Gasteiger partial charge is 0.306 e. The van der Waals surface area contributed by atoms with Gasteiger partial charge < -0.3 is 4.57 Å². The lowest BCUT2D eigenvalue weighted by atomic mass is 9.87. The summed E-state index contributed by atoms with van der Waals surface area (Å²) in [5.74, 6) is 1.56. The molecule has 0 bridgehead atoms. The highest BCUT2D eigenvalue weighted by Gasteiger charge is 2.18. The van der Waals surface area contributed by atoms with Crippen LogP contribution in [0.4, 0.5) is 0 Å². The lowest BCUT2D eigenvalue weighted by Gasteiger charge is -2.23. The third kappa shape index (κ3) is 2.79. The molecule has 0 unspecified atom stereocenters. The maximum Gasteiger partial charge on any atom is 0.0991 e. The van der Waals surface area contributed by atoms with Gasteiger partial charge in [-0.2, -0.15) is 0 Å². The van der Waals surface area contributed by atoms with Crippen LogP contribution in [0.1, 0.15) is 76.0 Å². The molecule has 0 aliphatic heterocycles. The van der Waals surface area contributed by atoms with Crippen molar-refractivity contribution in [3.05, 3.63) is 47.5 Å². The molecule has 0 atom stereocenters. The number of imidazole rings is 1. The number of nitrogens with zero attached hydrogens (tertiary/aromatic N) is 2. The molecule has 2 heteroatoms. The van der Waals surface area contributed by atoms with Gasteiger partial charge in [0.15, 0.2) is 0 Å². The zero-order valence-corrected chi connectivity index (χ0v) is 13.5. The summed E-state index contributed by atoms with van der Waals surface area (Å²) in [6.07, 6.45) is 5.80. The SMILES string of the molecule is CC(C)c1cc(C(C)C)c(-n2ccnc2)c(C(C)C)c1. The van der Waals surface area contributed by atoms with Crippen molar-refractivity contribution in [2.24, 2.45) is 0 Å². The Morgan fingerprint density at radius 1 is 0.850 bits per heavy atom. The predicted octanol–water partition coefficient (Wildman–Crippen LogP) is 5.24. The van der Waals surface area contributed by atoms with Gasteiger partial charge in [0.2, 0.25) is 0 Å². The fraction of sp³-hybridized carbons (Fsp3) is 0.500. The van der Waals surface area contributed by atoms with E-state index < -0.39 is 0 Å². The molecule has 0 N–H and O–H groups in total. The highest BCUT2D eigenvalue weighted by molar-refractivity contribution is 5.53. The Kier molecular flexibility index (Phi) is 4.32. The fourth-order valence-corrected chi connectivity index (χ4v) is 2.61. The molecule has 2 nitrogen and oxygen atoms in total. The summed E-state index contributed by atoms with van der Waals surface area (Å²) in [4.78, 5) is 4.22. The second-order valence-electron chi connectivity index (χ2n) is 6.48. The van der Waals surface area contributed by atoms with E-state index in [1.807, 2.05) is 18.7 Å². The van der Waals surface area contributed by atoms with Gasteiger partial charge in [-0.3, -0.25) is 0 Å². The molecule has 0 aliphatic carbocycles. The molecule has 0 fully saturated rings. The summed E-state index contributed by atoms with van der Waals surface area (Å²) in [6.45, 7) is 13.6. The standard InChI is InChI=1S/C18H26N2/c1-12(2)15-9-16(13(3)4)18(17(10-15)14(5)6)20-8-7-19-11-20/h7-14H,1-6H3. The second-order valence-corrected chi connectivity index (χ2v) is 6.48. The van der Waals surface area contributed by atoms with E-state index in [2.05, 4.69) is 63.2 Å². The van der Waals surface area contributed by atoms with Crippen molar-refractivity contribution in [1.29, 1.82) is 0 Å². The Labute approximate surface area is 122 Å². The molecule has 1 aromatic carbocycles. The summed E-state index contributed by atoms with van der Waals surface area (Å²) in [5, 5.41) is 0. The monoisotopic (exact) mass is 270 g/mol. The predicted molar refractivity (Wildman–Crippen MR) is 85.8 cm³/mol. The van der Waals surface area contributed by atoms with Gasteiger partial charge in [0.05, 0.1) is 12.0 Å². The zero-order chi connectivity index (χ0) is 14.9. The van der Waals surface area contributed by atoms with Gasteiger partial charge in [0, 0.05) is 12.4 Å². The molecule has 0 saturated carbocycles. The van der Waals surface area contributed by atoms with Crippen LogP contribution in [0.2, 0.25) is 0 Å². The van der Waals surface area contributed by atoms with Crippen LogP contribution in [0.3, 0.4) is 0 Å². The smallest absolute Gasteiger partial charge is 0.0991 e. The third-order valence-electron chi connectivity index (χ3n) is 3.86. The van der Waals surface area contributed by atoms with Crippen LogP contribution in [0, 0.1) is 0 Å². The van der Waals surface area contributed by atoms with Gasteiger partial charge in [-0.1, -0.05) is 53.7 Å². The van der Waals surface area contributed by atoms with Crippen molar-refractivity contribution in [2.75, 3.05) is 0 Å². The van der Waals surface area contributed by atoms with Crippen molar-refractivity contribution in [1.82, 2.24) is 9.55 Å². The van der Waals surface area contributed by atoms with Gasteiger partial charge in [0.25, 0.3) is 0 Å². The molecule has 0 aliphatic rings. The van der Waals surface area contributed by atoms with Crippen LogP contribution in [0.25, 0.3) is 5.69 Å². The minimum absolute atomic E-state index is 0.503. The number of aromatic nitrogens is 2. The summed E-state index contributed by atoms with van der Waals surface area (Å²) < 4.78 is 2.16. The van der Waals surface area contributed by atoms with Gasteiger partial charge in [-0.15, -0.1) is 0 Å². The van der Waals surface area contributed by atoms with Gasteiger partial charge >= 0.3 is 0 Å². The quantitative estimate of drug-likeness (QED) is 0.742. The van der Waals surface area contributed by atoms with Gasteiger partial charge in [0.1, 0.15) is 0 Å². The number of rotatable bonds is 4. The summed E-state index contributed by atoms with van der Waals surface area (Å²) in [5.41, 5.74) is 5.58. The van der Waals surface area contributed by atoms with E-state index in [9.17, 15) is 0 Å². The lowest BCUT2D eigenvalue weighted by Crippen LogP contribution is -2.08. The molecular weight excluding hydrogens is 244 g/mol. The molecule has 2 rings (SSSR count). The van der Waals surface area contributed by atoms with Gasteiger partial charge in [-0.05, 0) is 34.4 Å². The lowest BCUT2D eigenvalue weighted by molar-refractivity contribution is 0.783. The Morgan fingerprint density at radius 2 is 1.40 bits per heavy atom. The maximum absolute atomic E-state index is 4.22. The van der Waals surface area contributed by atoms with Crippen LogP contribution in [0.15, 0.2) is 30.9 Å². The Hall–Kier alpha value is -1.57. The molecule has 1 heterocycles. The highest BCUT2D eigenvalue weighted by Crippen LogP contribution is 2.34. The average molecular weight is 270 g/mol. The molecule has 0 spiro atoms. The first-order chi connectivity index (χ1) is 9.41. The molecule has 2 aromatic rings. The summed E-state index contributed by atoms with van der Waals surface area (Å²) >= 11 is 0. The van der Waals surface area contributed by atoms with E-state index in [0.29, 0.717) is 17.8 Å². The second kappa shape index (κ2) is 5.82. The van der Waals surface area contributed by atoms with Crippen molar-refractivity contribution < 1.29 is 0 Å². The average Bonchev–Trinajstić information content (AvgIpc) is 2.90. The van der Waals surface area contributed by atoms with Crippen LogP contribution >= 0.6 is 0 Å². The Bertz CT molecular complexity index is 534. The first-order valence-corrected chi connectivity index (χ1v) is 7.57. The van der Waals surface area contributed by atoms with Gasteiger partial charge in [-0.25, -0.2) is 4.98 Å². The minimum Gasteiger partial charge on any atom is -0.306 e. The van der Waals surface area contributed by atoms with E-state index in [0.717, 1.165) is 0 Å². The third-order valence-corrected chi connectivity index (χ3v) is 3.86. The Morgan fingerprint density at radius 3 is 1.75 bits per heavy atom. The first-order valence-electron chi connectivity index (χ1n) is 7.57. The van der Waals surface area contributed by atoms with Crippen LogP contribution in [0.5, 0.6) is 0 Å². The van der Waals surface area contributed by atoms with E-state index in [1.165, 1.54) is 22.4 Å². The van der Waals surface area contributed by atoms with Crippen molar-refractivity contribution >= 4 is 0 Å². The molecule has 20 heavy (non-hydrogen) atoms. The maximum atomic E-state index is 4.22. The molecule has 108 valence electrons. The van der Waals surface area contributed by atoms with E-state index in [4.69, 9.17) is 0 Å². The van der Waals surface area contributed by atoms with Crippen molar-refractivity contribution in [3.8, 4) is 5.69 Å². The molecule has 0 radical (unpaired) electrons. The van der Waals surface area contributed by atoms with Crippen LogP contribution in [-0.4, -0.2) is 9.55 Å². The number of hydrogen-bond donors (Lipinski definition) is 0. The van der Waals surface area contributed by atoms with Crippen LogP contribution in [-0.2, 0) is 0 Å². The normalized spacial score (nSPS) is 11.8. The molecule has 0 amide bonds. The van der Waals surface area contributed by atoms with E-state index in [-0.39, 0.29) is 0 Å². The summed E-state index contributed by atoms with van der Waals surface area (Å²) in [6, 6.07) is 4.74. The molecule has 1 aromatic heterocycles. The zero-order valence-electron chi connectivity index (χ0n) is 13.5. The van der Waals surface area contributed by atoms with Crippen LogP contribution < -0.4 is 0 Å². The topological polar surface area (TPSA) is 17.8 Å². The summed E-state index contributed by atoms with van der Waals surface area (Å²) in [7, 11) is 0.